The molecule has 0 aliphatic carbocycles. The van der Waals surface area contributed by atoms with E-state index in [2.05, 4.69) is 39.1 Å². The van der Waals surface area contributed by atoms with Gasteiger partial charge in [-0.2, -0.15) is 0 Å². The molecule has 2 rings (SSSR count). The third-order valence-electron chi connectivity index (χ3n) is 3.04. The standard InChI is InChI=1S/C12H21N5/c1-3-4-13-11-9-12(15-10-14-11)17-7-5-16(2)6-8-17/h9-10H,3-8H2,1-2H3,(H,13,14,15). The van der Waals surface area contributed by atoms with Crippen molar-refractivity contribution in [3.63, 3.8) is 0 Å². The van der Waals surface area contributed by atoms with Crippen molar-refractivity contribution in [2.75, 3.05) is 50.0 Å². The Hall–Kier alpha value is -1.36. The Labute approximate surface area is 103 Å². The van der Waals surface area contributed by atoms with E-state index in [1.165, 1.54) is 0 Å². The van der Waals surface area contributed by atoms with Gasteiger partial charge in [0.25, 0.3) is 0 Å². The summed E-state index contributed by atoms with van der Waals surface area (Å²) < 4.78 is 0. The zero-order chi connectivity index (χ0) is 12.1. The van der Waals surface area contributed by atoms with Crippen LogP contribution in [-0.4, -0.2) is 54.6 Å². The smallest absolute Gasteiger partial charge is 0.134 e. The van der Waals surface area contributed by atoms with Crippen LogP contribution in [0.2, 0.25) is 0 Å². The van der Waals surface area contributed by atoms with Crippen molar-refractivity contribution in [2.45, 2.75) is 13.3 Å². The number of likely N-dealkylation sites (N-methyl/N-ethyl adjacent to an activating group) is 1. The highest BCUT2D eigenvalue weighted by Crippen LogP contribution is 2.15. The lowest BCUT2D eigenvalue weighted by atomic mass is 10.3. The molecule has 2 heterocycles. The SMILES string of the molecule is CCCNc1cc(N2CCN(C)CC2)ncn1. The summed E-state index contributed by atoms with van der Waals surface area (Å²) in [6.45, 7) is 7.39. The molecule has 0 atom stereocenters. The Morgan fingerprint density at radius 2 is 2.00 bits per heavy atom. The minimum absolute atomic E-state index is 0.927. The Morgan fingerprint density at radius 1 is 1.24 bits per heavy atom. The predicted octanol–water partition coefficient (Wildman–Crippen LogP) is 1.05. The van der Waals surface area contributed by atoms with Gasteiger partial charge in [0.15, 0.2) is 0 Å². The van der Waals surface area contributed by atoms with E-state index in [4.69, 9.17) is 0 Å². The topological polar surface area (TPSA) is 44.3 Å². The molecule has 5 heteroatoms. The van der Waals surface area contributed by atoms with Gasteiger partial charge < -0.3 is 15.1 Å². The monoisotopic (exact) mass is 235 g/mol. The molecule has 0 saturated carbocycles. The van der Waals surface area contributed by atoms with Crippen molar-refractivity contribution in [1.29, 1.82) is 0 Å². The maximum absolute atomic E-state index is 4.35. The third-order valence-corrected chi connectivity index (χ3v) is 3.04. The summed E-state index contributed by atoms with van der Waals surface area (Å²) in [6.07, 6.45) is 2.75. The van der Waals surface area contributed by atoms with Crippen LogP contribution in [-0.2, 0) is 0 Å². The van der Waals surface area contributed by atoms with Gasteiger partial charge in [-0.1, -0.05) is 6.92 Å². The van der Waals surface area contributed by atoms with Crippen LogP contribution >= 0.6 is 0 Å². The summed E-state index contributed by atoms with van der Waals surface area (Å²) in [5.74, 6) is 1.96. The average Bonchev–Trinajstić information content (AvgIpc) is 2.37. The van der Waals surface area contributed by atoms with Crippen LogP contribution in [0.4, 0.5) is 11.6 Å². The van der Waals surface area contributed by atoms with Crippen molar-refractivity contribution in [3.05, 3.63) is 12.4 Å². The molecule has 1 N–H and O–H groups in total. The third kappa shape index (κ3) is 3.30. The van der Waals surface area contributed by atoms with Crippen molar-refractivity contribution >= 4 is 11.6 Å². The van der Waals surface area contributed by atoms with Gasteiger partial charge in [-0.15, -0.1) is 0 Å². The molecule has 1 saturated heterocycles. The van der Waals surface area contributed by atoms with Gasteiger partial charge in [0.05, 0.1) is 0 Å². The van der Waals surface area contributed by atoms with Gasteiger partial charge >= 0.3 is 0 Å². The molecule has 1 fully saturated rings. The quantitative estimate of drug-likeness (QED) is 0.845. The number of nitrogens with zero attached hydrogens (tertiary/aromatic N) is 4. The Morgan fingerprint density at radius 3 is 2.71 bits per heavy atom. The van der Waals surface area contributed by atoms with Gasteiger partial charge in [-0.25, -0.2) is 9.97 Å². The van der Waals surface area contributed by atoms with E-state index in [-0.39, 0.29) is 0 Å². The molecule has 0 amide bonds. The van der Waals surface area contributed by atoms with E-state index >= 15 is 0 Å². The summed E-state index contributed by atoms with van der Waals surface area (Å²) in [7, 11) is 2.16. The van der Waals surface area contributed by atoms with Crippen molar-refractivity contribution in [3.8, 4) is 0 Å². The highest BCUT2D eigenvalue weighted by atomic mass is 15.3. The lowest BCUT2D eigenvalue weighted by Gasteiger charge is -2.33. The molecule has 0 aromatic carbocycles. The van der Waals surface area contributed by atoms with E-state index in [9.17, 15) is 0 Å². The van der Waals surface area contributed by atoms with E-state index in [1.54, 1.807) is 6.33 Å². The number of anilines is 2. The fourth-order valence-corrected chi connectivity index (χ4v) is 1.91. The van der Waals surface area contributed by atoms with E-state index in [1.807, 2.05) is 6.07 Å². The number of nitrogens with one attached hydrogen (secondary N) is 1. The fraction of sp³-hybridized carbons (Fsp3) is 0.667. The fourth-order valence-electron chi connectivity index (χ4n) is 1.91. The normalized spacial score (nSPS) is 17.2. The first kappa shape index (κ1) is 12.1. The van der Waals surface area contributed by atoms with E-state index in [0.717, 1.165) is 50.8 Å². The lowest BCUT2D eigenvalue weighted by molar-refractivity contribution is 0.312. The molecule has 1 aromatic rings. The molecule has 94 valence electrons. The van der Waals surface area contributed by atoms with Gasteiger partial charge in [-0.05, 0) is 13.5 Å². The molecule has 17 heavy (non-hydrogen) atoms. The molecule has 1 aliphatic heterocycles. The number of aromatic nitrogens is 2. The lowest BCUT2D eigenvalue weighted by Crippen LogP contribution is -2.44. The Balaban J connectivity index is 2.00. The molecule has 5 nitrogen and oxygen atoms in total. The Kier molecular flexibility index (Phi) is 4.14. The first-order valence-corrected chi connectivity index (χ1v) is 6.29. The molecular weight excluding hydrogens is 214 g/mol. The zero-order valence-corrected chi connectivity index (χ0v) is 10.7. The molecule has 1 aliphatic rings. The van der Waals surface area contributed by atoms with Crippen molar-refractivity contribution in [2.24, 2.45) is 0 Å². The summed E-state index contributed by atoms with van der Waals surface area (Å²) >= 11 is 0. The van der Waals surface area contributed by atoms with Gasteiger partial charge in [0, 0.05) is 38.8 Å². The zero-order valence-electron chi connectivity index (χ0n) is 10.7. The average molecular weight is 235 g/mol. The van der Waals surface area contributed by atoms with Crippen molar-refractivity contribution < 1.29 is 0 Å². The summed E-state index contributed by atoms with van der Waals surface area (Å²) in [5, 5.41) is 3.29. The maximum atomic E-state index is 4.35. The van der Waals surface area contributed by atoms with Crippen molar-refractivity contribution in [1.82, 2.24) is 14.9 Å². The molecular formula is C12H21N5. The first-order valence-electron chi connectivity index (χ1n) is 6.29. The highest BCUT2D eigenvalue weighted by molar-refractivity contribution is 5.48. The van der Waals surface area contributed by atoms with Gasteiger partial charge in [0.2, 0.25) is 0 Å². The minimum atomic E-state index is 0.927. The van der Waals surface area contributed by atoms with Gasteiger partial charge in [0.1, 0.15) is 18.0 Å². The summed E-state index contributed by atoms with van der Waals surface area (Å²) in [5.41, 5.74) is 0. The molecule has 1 aromatic heterocycles. The molecule has 0 bridgehead atoms. The van der Waals surface area contributed by atoms with Crippen LogP contribution in [0, 0.1) is 0 Å². The number of piperazine rings is 1. The van der Waals surface area contributed by atoms with Crippen LogP contribution in [0.15, 0.2) is 12.4 Å². The van der Waals surface area contributed by atoms with E-state index in [0.29, 0.717) is 0 Å². The second-order valence-electron chi connectivity index (χ2n) is 4.48. The number of hydrogen-bond donors (Lipinski definition) is 1. The largest absolute Gasteiger partial charge is 0.370 e. The predicted molar refractivity (Wildman–Crippen MR) is 70.5 cm³/mol. The molecule has 0 spiro atoms. The second-order valence-corrected chi connectivity index (χ2v) is 4.48. The molecule has 0 radical (unpaired) electrons. The number of rotatable bonds is 4. The summed E-state index contributed by atoms with van der Waals surface area (Å²) in [4.78, 5) is 13.2. The van der Waals surface area contributed by atoms with Crippen LogP contribution in [0.25, 0.3) is 0 Å². The highest BCUT2D eigenvalue weighted by Gasteiger charge is 2.15. The van der Waals surface area contributed by atoms with E-state index < -0.39 is 0 Å². The van der Waals surface area contributed by atoms with Gasteiger partial charge in [-0.3, -0.25) is 0 Å². The van der Waals surface area contributed by atoms with Crippen LogP contribution in [0.5, 0.6) is 0 Å². The summed E-state index contributed by atoms with van der Waals surface area (Å²) in [6, 6.07) is 2.04. The first-order chi connectivity index (χ1) is 8.29. The van der Waals surface area contributed by atoms with Crippen LogP contribution in [0.1, 0.15) is 13.3 Å². The van der Waals surface area contributed by atoms with Crippen LogP contribution < -0.4 is 10.2 Å². The molecule has 0 unspecified atom stereocenters. The minimum Gasteiger partial charge on any atom is -0.370 e. The maximum Gasteiger partial charge on any atom is 0.134 e. The number of hydrogen-bond acceptors (Lipinski definition) is 5. The van der Waals surface area contributed by atoms with Crippen LogP contribution in [0.3, 0.4) is 0 Å². The second kappa shape index (κ2) is 5.82. The Bertz CT molecular complexity index is 347.